The van der Waals surface area contributed by atoms with Crippen molar-refractivity contribution in [3.8, 4) is 0 Å². The van der Waals surface area contributed by atoms with Crippen LogP contribution in [0.1, 0.15) is 38.5 Å². The fourth-order valence-corrected chi connectivity index (χ4v) is 3.14. The van der Waals surface area contributed by atoms with Crippen LogP contribution in [0.5, 0.6) is 0 Å². The van der Waals surface area contributed by atoms with Crippen LogP contribution in [-0.4, -0.2) is 20.7 Å². The Morgan fingerprint density at radius 2 is 1.78 bits per heavy atom. The lowest BCUT2D eigenvalue weighted by Gasteiger charge is -2.18. The van der Waals surface area contributed by atoms with Crippen molar-refractivity contribution < 1.29 is 8.42 Å². The van der Waals surface area contributed by atoms with E-state index in [-0.39, 0.29) is 0 Å². The molecule has 1 fully saturated rings. The van der Waals surface area contributed by atoms with Crippen LogP contribution < -0.4 is 5.32 Å². The van der Waals surface area contributed by atoms with E-state index in [9.17, 15) is 8.42 Å². The van der Waals surface area contributed by atoms with Crippen molar-refractivity contribution in [3.63, 3.8) is 0 Å². The molecule has 1 aromatic carbocycles. The number of nitrogens with one attached hydrogen (secondary N) is 1. The molecule has 3 nitrogen and oxygen atoms in total. The summed E-state index contributed by atoms with van der Waals surface area (Å²) in [4.78, 5) is 0.390. The maximum atomic E-state index is 11.5. The molecule has 0 atom stereocenters. The van der Waals surface area contributed by atoms with Crippen molar-refractivity contribution in [3.05, 3.63) is 24.3 Å². The third-order valence-electron chi connectivity index (χ3n) is 3.49. The highest BCUT2D eigenvalue weighted by atomic mass is 32.2. The van der Waals surface area contributed by atoms with Crippen LogP contribution in [0.4, 0.5) is 5.69 Å². The van der Waals surface area contributed by atoms with Crippen LogP contribution in [-0.2, 0) is 9.84 Å². The second-order valence-corrected chi connectivity index (χ2v) is 7.15. The quantitative estimate of drug-likeness (QED) is 0.855. The minimum absolute atomic E-state index is 0.390. The van der Waals surface area contributed by atoms with E-state index in [1.54, 1.807) is 18.2 Å². The van der Waals surface area contributed by atoms with Crippen molar-refractivity contribution in [1.82, 2.24) is 0 Å². The summed E-state index contributed by atoms with van der Waals surface area (Å²) >= 11 is 0. The fourth-order valence-electron chi connectivity index (χ4n) is 2.48. The number of benzene rings is 1. The lowest BCUT2D eigenvalue weighted by molar-refractivity contribution is 0.601. The molecule has 0 amide bonds. The zero-order chi connectivity index (χ0) is 13.0. The van der Waals surface area contributed by atoms with Gasteiger partial charge in [0, 0.05) is 18.0 Å². The smallest absolute Gasteiger partial charge is 0.175 e. The Labute approximate surface area is 110 Å². The largest absolute Gasteiger partial charge is 0.382 e. The highest BCUT2D eigenvalue weighted by Gasteiger charge is 2.13. The molecule has 1 aliphatic rings. The summed E-state index contributed by atoms with van der Waals surface area (Å²) in [6.07, 6.45) is 8.79. The second-order valence-electron chi connectivity index (χ2n) is 5.13. The van der Waals surface area contributed by atoms with E-state index in [0.29, 0.717) is 10.9 Å². The van der Waals surface area contributed by atoms with Crippen LogP contribution in [0.2, 0.25) is 0 Å². The van der Waals surface area contributed by atoms with Gasteiger partial charge in [0.05, 0.1) is 4.90 Å². The van der Waals surface area contributed by atoms with Crippen LogP contribution in [0.3, 0.4) is 0 Å². The second kappa shape index (κ2) is 5.74. The Morgan fingerprint density at radius 3 is 2.39 bits per heavy atom. The number of sulfone groups is 1. The maximum Gasteiger partial charge on any atom is 0.175 e. The average Bonchev–Trinajstić information content (AvgIpc) is 2.57. The normalized spacial score (nSPS) is 18.3. The number of rotatable bonds is 3. The summed E-state index contributed by atoms with van der Waals surface area (Å²) in [5.74, 6) is 0. The van der Waals surface area contributed by atoms with Crippen LogP contribution in [0.25, 0.3) is 0 Å². The van der Waals surface area contributed by atoms with Gasteiger partial charge >= 0.3 is 0 Å². The molecule has 4 heteroatoms. The number of hydrogen-bond donors (Lipinski definition) is 1. The lowest BCUT2D eigenvalue weighted by Crippen LogP contribution is -2.18. The van der Waals surface area contributed by atoms with E-state index in [1.807, 2.05) is 6.07 Å². The Balaban J connectivity index is 2.09. The molecule has 2 rings (SSSR count). The molecule has 0 aromatic heterocycles. The molecule has 0 spiro atoms. The molecule has 18 heavy (non-hydrogen) atoms. The summed E-state index contributed by atoms with van der Waals surface area (Å²) in [5, 5.41) is 3.47. The predicted molar refractivity (Wildman–Crippen MR) is 74.7 cm³/mol. The van der Waals surface area contributed by atoms with Crippen molar-refractivity contribution in [2.75, 3.05) is 11.6 Å². The summed E-state index contributed by atoms with van der Waals surface area (Å²) in [7, 11) is -3.11. The van der Waals surface area contributed by atoms with Gasteiger partial charge in [0.2, 0.25) is 0 Å². The van der Waals surface area contributed by atoms with E-state index in [1.165, 1.54) is 44.8 Å². The van der Waals surface area contributed by atoms with E-state index in [4.69, 9.17) is 0 Å². The first-order valence-electron chi connectivity index (χ1n) is 6.62. The molecule has 100 valence electrons. The van der Waals surface area contributed by atoms with Crippen molar-refractivity contribution in [2.24, 2.45) is 0 Å². The van der Waals surface area contributed by atoms with Gasteiger partial charge in [-0.05, 0) is 31.0 Å². The molecular weight excluding hydrogens is 246 g/mol. The Morgan fingerprint density at radius 1 is 1.11 bits per heavy atom. The first-order valence-corrected chi connectivity index (χ1v) is 8.51. The van der Waals surface area contributed by atoms with Gasteiger partial charge in [-0.15, -0.1) is 0 Å². The number of anilines is 1. The molecule has 0 radical (unpaired) electrons. The summed E-state index contributed by atoms with van der Waals surface area (Å²) < 4.78 is 23.0. The van der Waals surface area contributed by atoms with Gasteiger partial charge in [-0.1, -0.05) is 31.7 Å². The molecule has 0 unspecified atom stereocenters. The van der Waals surface area contributed by atoms with Crippen molar-refractivity contribution >= 4 is 15.5 Å². The van der Waals surface area contributed by atoms with Gasteiger partial charge < -0.3 is 5.32 Å². The third kappa shape index (κ3) is 3.73. The van der Waals surface area contributed by atoms with Crippen molar-refractivity contribution in [2.45, 2.75) is 49.5 Å². The minimum Gasteiger partial charge on any atom is -0.382 e. The fraction of sp³-hybridized carbons (Fsp3) is 0.571. The maximum absolute atomic E-state index is 11.5. The van der Waals surface area contributed by atoms with Crippen LogP contribution >= 0.6 is 0 Å². The zero-order valence-electron chi connectivity index (χ0n) is 10.9. The van der Waals surface area contributed by atoms with E-state index in [2.05, 4.69) is 5.32 Å². The molecule has 0 aliphatic heterocycles. The summed E-state index contributed by atoms with van der Waals surface area (Å²) in [5.41, 5.74) is 0.921. The topological polar surface area (TPSA) is 46.2 Å². The highest BCUT2D eigenvalue weighted by molar-refractivity contribution is 7.90. The molecule has 1 aromatic rings. The molecular formula is C14H21NO2S. The molecule has 1 saturated carbocycles. The van der Waals surface area contributed by atoms with Gasteiger partial charge in [-0.3, -0.25) is 0 Å². The van der Waals surface area contributed by atoms with Gasteiger partial charge in [0.1, 0.15) is 0 Å². The van der Waals surface area contributed by atoms with E-state index < -0.39 is 9.84 Å². The monoisotopic (exact) mass is 267 g/mol. The molecule has 0 heterocycles. The predicted octanol–water partition coefficient (Wildman–Crippen LogP) is 3.22. The van der Waals surface area contributed by atoms with E-state index >= 15 is 0 Å². The molecule has 0 bridgehead atoms. The van der Waals surface area contributed by atoms with Gasteiger partial charge in [0.25, 0.3) is 0 Å². The highest BCUT2D eigenvalue weighted by Crippen LogP contribution is 2.22. The lowest BCUT2D eigenvalue weighted by atomic mass is 10.1. The van der Waals surface area contributed by atoms with Crippen LogP contribution in [0.15, 0.2) is 29.2 Å². The molecule has 0 saturated heterocycles. The first kappa shape index (κ1) is 13.4. The van der Waals surface area contributed by atoms with Gasteiger partial charge in [0.15, 0.2) is 9.84 Å². The minimum atomic E-state index is -3.11. The Kier molecular flexibility index (Phi) is 4.27. The molecule has 1 N–H and O–H groups in total. The van der Waals surface area contributed by atoms with Gasteiger partial charge in [-0.25, -0.2) is 8.42 Å². The van der Waals surface area contributed by atoms with Crippen molar-refractivity contribution in [1.29, 1.82) is 0 Å². The molecule has 1 aliphatic carbocycles. The van der Waals surface area contributed by atoms with E-state index in [0.717, 1.165) is 5.69 Å². The Hall–Kier alpha value is -1.03. The zero-order valence-corrected chi connectivity index (χ0v) is 11.7. The summed E-state index contributed by atoms with van der Waals surface area (Å²) in [6, 6.07) is 7.62. The number of hydrogen-bond acceptors (Lipinski definition) is 3. The van der Waals surface area contributed by atoms with Crippen LogP contribution in [0, 0.1) is 0 Å². The van der Waals surface area contributed by atoms with Gasteiger partial charge in [-0.2, -0.15) is 0 Å². The SMILES string of the molecule is CS(=O)(=O)c1cccc(NC2CCCCCC2)c1. The average molecular weight is 267 g/mol. The first-order chi connectivity index (χ1) is 8.55. The third-order valence-corrected chi connectivity index (χ3v) is 4.60. The Bertz CT molecular complexity index is 488. The summed E-state index contributed by atoms with van der Waals surface area (Å²) in [6.45, 7) is 0. The standard InChI is InChI=1S/C14H21NO2S/c1-18(16,17)14-10-6-9-13(11-14)15-12-7-4-2-3-5-8-12/h6,9-12,15H,2-5,7-8H2,1H3.